The van der Waals surface area contributed by atoms with E-state index in [9.17, 15) is 5.11 Å². The second-order valence-corrected chi connectivity index (χ2v) is 3.11. The molecule has 0 unspecified atom stereocenters. The molecule has 0 aromatic heterocycles. The second-order valence-electron chi connectivity index (χ2n) is 2.58. The van der Waals surface area contributed by atoms with Crippen molar-refractivity contribution in [3.05, 3.63) is 0 Å². The first-order chi connectivity index (χ1) is 4.30. The third kappa shape index (κ3) is 2.03. The molecule has 0 aromatic carbocycles. The topological polar surface area (TPSA) is 20.2 Å². The van der Waals surface area contributed by atoms with E-state index in [1.165, 1.54) is 12.8 Å². The Morgan fingerprint density at radius 1 is 1.33 bits per heavy atom. The molecule has 0 saturated heterocycles. The monoisotopic (exact) mass is 144 g/mol. The minimum atomic E-state index is -0.275. The maximum atomic E-state index is 9.22. The predicted molar refractivity (Wildman–Crippen MR) is 41.7 cm³/mol. The Kier molecular flexibility index (Phi) is 2.61. The largest absolute Gasteiger partial charge is 0.388 e. The van der Waals surface area contributed by atoms with Crippen molar-refractivity contribution in [1.29, 1.82) is 0 Å². The van der Waals surface area contributed by atoms with Crippen LogP contribution in [0.1, 0.15) is 32.1 Å². The molecule has 0 spiro atoms. The molecule has 0 heterocycles. The van der Waals surface area contributed by atoms with E-state index in [-0.39, 0.29) is 6.10 Å². The van der Waals surface area contributed by atoms with Gasteiger partial charge in [-0.3, -0.25) is 0 Å². The van der Waals surface area contributed by atoms with Gasteiger partial charge >= 0.3 is 0 Å². The van der Waals surface area contributed by atoms with Gasteiger partial charge in [0.2, 0.25) is 0 Å². The van der Waals surface area contributed by atoms with E-state index in [4.69, 9.17) is 12.2 Å². The van der Waals surface area contributed by atoms with E-state index in [1.807, 2.05) is 0 Å². The Bertz CT molecular complexity index is 111. The third-order valence-corrected chi connectivity index (χ3v) is 2.25. The molecule has 1 aliphatic carbocycles. The van der Waals surface area contributed by atoms with E-state index in [1.54, 1.807) is 0 Å². The van der Waals surface area contributed by atoms with Crippen LogP contribution in [0.3, 0.4) is 0 Å². The molecule has 1 fully saturated rings. The number of aliphatic hydroxyl groups excluding tert-OH is 1. The molecule has 1 saturated carbocycles. The molecule has 1 nitrogen and oxygen atoms in total. The van der Waals surface area contributed by atoms with Crippen LogP contribution in [0.5, 0.6) is 0 Å². The SMILES string of the molecule is O[C@@H]1CCCCCC1=S. The minimum absolute atomic E-state index is 0.275. The van der Waals surface area contributed by atoms with Crippen LogP contribution in [0.4, 0.5) is 0 Å². The van der Waals surface area contributed by atoms with Gasteiger partial charge in [0.1, 0.15) is 0 Å². The first-order valence-corrected chi connectivity index (χ1v) is 3.92. The van der Waals surface area contributed by atoms with Gasteiger partial charge in [-0.2, -0.15) is 0 Å². The summed E-state index contributed by atoms with van der Waals surface area (Å²) in [5, 5.41) is 9.22. The Balaban J connectivity index is 2.41. The molecular formula is C7H12OS. The highest BCUT2D eigenvalue weighted by molar-refractivity contribution is 7.80. The summed E-state index contributed by atoms with van der Waals surface area (Å²) in [6.07, 6.45) is 5.12. The number of thiocarbonyl (C=S) groups is 1. The lowest BCUT2D eigenvalue weighted by molar-refractivity contribution is 0.231. The van der Waals surface area contributed by atoms with Crippen molar-refractivity contribution in [2.45, 2.75) is 38.2 Å². The van der Waals surface area contributed by atoms with Crippen LogP contribution in [0.2, 0.25) is 0 Å². The Morgan fingerprint density at radius 3 is 2.89 bits per heavy atom. The molecule has 0 bridgehead atoms. The van der Waals surface area contributed by atoms with Crippen molar-refractivity contribution in [3.63, 3.8) is 0 Å². The van der Waals surface area contributed by atoms with Crippen LogP contribution < -0.4 is 0 Å². The first-order valence-electron chi connectivity index (χ1n) is 3.51. The third-order valence-electron chi connectivity index (χ3n) is 1.77. The molecule has 0 aromatic rings. The lowest BCUT2D eigenvalue weighted by atomic mass is 10.2. The summed E-state index contributed by atoms with van der Waals surface area (Å²) in [4.78, 5) is 0.868. The van der Waals surface area contributed by atoms with Crippen molar-refractivity contribution < 1.29 is 5.11 Å². The van der Waals surface area contributed by atoms with E-state index >= 15 is 0 Å². The van der Waals surface area contributed by atoms with Crippen LogP contribution in [0.25, 0.3) is 0 Å². The summed E-state index contributed by atoms with van der Waals surface area (Å²) in [5.41, 5.74) is 0. The molecule has 1 aliphatic rings. The van der Waals surface area contributed by atoms with Crippen LogP contribution in [0.15, 0.2) is 0 Å². The summed E-state index contributed by atoms with van der Waals surface area (Å²) in [6.45, 7) is 0. The molecule has 1 atom stereocenters. The average molecular weight is 144 g/mol. The number of hydrogen-bond acceptors (Lipinski definition) is 2. The van der Waals surface area contributed by atoms with Crippen LogP contribution in [0, 0.1) is 0 Å². The van der Waals surface area contributed by atoms with Gasteiger partial charge in [0.15, 0.2) is 0 Å². The summed E-state index contributed by atoms with van der Waals surface area (Å²) < 4.78 is 0. The van der Waals surface area contributed by atoms with E-state index in [0.29, 0.717) is 0 Å². The molecule has 52 valence electrons. The minimum Gasteiger partial charge on any atom is -0.388 e. The number of aliphatic hydroxyl groups is 1. The Morgan fingerprint density at radius 2 is 2.11 bits per heavy atom. The van der Waals surface area contributed by atoms with Gasteiger partial charge in [0.05, 0.1) is 6.10 Å². The zero-order valence-corrected chi connectivity index (χ0v) is 6.28. The summed E-state index contributed by atoms with van der Waals surface area (Å²) in [5.74, 6) is 0. The highest BCUT2D eigenvalue weighted by atomic mass is 32.1. The normalized spacial score (nSPS) is 29.9. The standard InChI is InChI=1S/C7H12OS/c8-6-4-2-1-3-5-7(6)9/h6,8H,1-5H2/t6-/m1/s1. The quantitative estimate of drug-likeness (QED) is 0.412. The van der Waals surface area contributed by atoms with Crippen molar-refractivity contribution >= 4 is 17.1 Å². The van der Waals surface area contributed by atoms with Crippen molar-refractivity contribution in [2.24, 2.45) is 0 Å². The van der Waals surface area contributed by atoms with Crippen LogP contribution >= 0.6 is 12.2 Å². The number of rotatable bonds is 0. The molecule has 1 N–H and O–H groups in total. The summed E-state index contributed by atoms with van der Waals surface area (Å²) >= 11 is 4.96. The molecule has 1 rings (SSSR count). The van der Waals surface area contributed by atoms with E-state index in [2.05, 4.69) is 0 Å². The zero-order valence-electron chi connectivity index (χ0n) is 5.47. The van der Waals surface area contributed by atoms with E-state index < -0.39 is 0 Å². The molecule has 9 heavy (non-hydrogen) atoms. The zero-order chi connectivity index (χ0) is 6.69. The fourth-order valence-corrected chi connectivity index (χ4v) is 1.40. The van der Waals surface area contributed by atoms with Gasteiger partial charge in [-0.15, -0.1) is 0 Å². The maximum Gasteiger partial charge on any atom is 0.0852 e. The van der Waals surface area contributed by atoms with Crippen molar-refractivity contribution in [1.82, 2.24) is 0 Å². The van der Waals surface area contributed by atoms with Crippen LogP contribution in [-0.2, 0) is 0 Å². The second kappa shape index (κ2) is 3.28. The molecule has 0 aliphatic heterocycles. The van der Waals surface area contributed by atoms with Gasteiger partial charge in [-0.1, -0.05) is 25.1 Å². The van der Waals surface area contributed by atoms with Gasteiger partial charge < -0.3 is 5.11 Å². The molecular weight excluding hydrogens is 132 g/mol. The number of hydrogen-bond donors (Lipinski definition) is 1. The van der Waals surface area contributed by atoms with Crippen LogP contribution in [-0.4, -0.2) is 16.1 Å². The fraction of sp³-hybridized carbons (Fsp3) is 0.857. The predicted octanol–water partition coefficient (Wildman–Crippen LogP) is 1.68. The highest BCUT2D eigenvalue weighted by Gasteiger charge is 2.12. The van der Waals surface area contributed by atoms with Gasteiger partial charge in [0, 0.05) is 4.86 Å². The van der Waals surface area contributed by atoms with Crippen molar-refractivity contribution in [3.8, 4) is 0 Å². The maximum absolute atomic E-state index is 9.22. The fourth-order valence-electron chi connectivity index (χ4n) is 1.14. The molecule has 0 radical (unpaired) electrons. The van der Waals surface area contributed by atoms with Gasteiger partial charge in [-0.25, -0.2) is 0 Å². The highest BCUT2D eigenvalue weighted by Crippen LogP contribution is 2.15. The summed E-state index contributed by atoms with van der Waals surface area (Å²) in [6, 6.07) is 0. The lowest BCUT2D eigenvalue weighted by Crippen LogP contribution is -2.15. The van der Waals surface area contributed by atoms with Crippen molar-refractivity contribution in [2.75, 3.05) is 0 Å². The Hall–Kier alpha value is 0.0500. The summed E-state index contributed by atoms with van der Waals surface area (Å²) in [7, 11) is 0. The molecule has 2 heteroatoms. The van der Waals surface area contributed by atoms with Gasteiger partial charge in [-0.05, 0) is 19.3 Å². The average Bonchev–Trinajstić information content (AvgIpc) is 1.99. The van der Waals surface area contributed by atoms with Gasteiger partial charge in [0.25, 0.3) is 0 Å². The Labute approximate surface area is 61.1 Å². The first kappa shape index (κ1) is 7.16. The van der Waals surface area contributed by atoms with E-state index in [0.717, 1.165) is 24.1 Å². The lowest BCUT2D eigenvalue weighted by Gasteiger charge is -2.04. The molecule has 0 amide bonds. The smallest absolute Gasteiger partial charge is 0.0852 e.